The molecule has 1 unspecified atom stereocenters. The zero-order chi connectivity index (χ0) is 12.3. The summed E-state index contributed by atoms with van der Waals surface area (Å²) in [6.07, 6.45) is 0. The van der Waals surface area contributed by atoms with Crippen LogP contribution in [-0.2, 0) is 0 Å². The van der Waals surface area contributed by atoms with Gasteiger partial charge in [-0.2, -0.15) is 11.1 Å². The fourth-order valence-corrected chi connectivity index (χ4v) is 4.64. The highest BCUT2D eigenvalue weighted by Gasteiger charge is 2.17. The Balaban J connectivity index is 2.50. The van der Waals surface area contributed by atoms with Crippen molar-refractivity contribution in [1.29, 1.82) is 0 Å². The smallest absolute Gasteiger partial charge is 0.137 e. The van der Waals surface area contributed by atoms with Crippen molar-refractivity contribution in [3.63, 3.8) is 0 Å². The SMILES string of the molecule is Cc1cccc(C)c1C([SiH2]Cl)c1ccccc1. The largest absolute Gasteiger partial charge is 0.175 e. The van der Waals surface area contributed by atoms with Crippen molar-refractivity contribution in [2.24, 2.45) is 0 Å². The zero-order valence-corrected chi connectivity index (χ0v) is 12.5. The third-order valence-electron chi connectivity index (χ3n) is 3.25. The van der Waals surface area contributed by atoms with Crippen LogP contribution in [0.2, 0.25) is 0 Å². The molecular formula is C15H17ClSi. The monoisotopic (exact) mass is 260 g/mol. The zero-order valence-electron chi connectivity index (χ0n) is 10.3. The third kappa shape index (κ3) is 2.62. The molecule has 0 aliphatic rings. The molecular weight excluding hydrogens is 244 g/mol. The molecule has 2 aromatic carbocycles. The molecule has 2 rings (SSSR count). The lowest BCUT2D eigenvalue weighted by Gasteiger charge is -2.19. The molecule has 0 nitrogen and oxygen atoms in total. The van der Waals surface area contributed by atoms with Gasteiger partial charge in [-0.05, 0) is 36.1 Å². The maximum atomic E-state index is 6.32. The Bertz CT molecular complexity index is 473. The maximum Gasteiger partial charge on any atom is 0.137 e. The third-order valence-corrected chi connectivity index (χ3v) is 5.36. The second kappa shape index (κ2) is 5.52. The Morgan fingerprint density at radius 1 is 0.882 bits per heavy atom. The second-order valence-corrected chi connectivity index (χ2v) is 6.47. The predicted molar refractivity (Wildman–Crippen MR) is 78.6 cm³/mol. The molecule has 0 aliphatic carbocycles. The van der Waals surface area contributed by atoms with Crippen molar-refractivity contribution in [3.05, 3.63) is 70.8 Å². The lowest BCUT2D eigenvalue weighted by molar-refractivity contribution is 1.08. The molecule has 88 valence electrons. The molecule has 0 N–H and O–H groups in total. The van der Waals surface area contributed by atoms with Crippen LogP contribution < -0.4 is 0 Å². The highest BCUT2D eigenvalue weighted by Crippen LogP contribution is 2.29. The van der Waals surface area contributed by atoms with Crippen LogP contribution in [0.15, 0.2) is 48.5 Å². The molecule has 0 heterocycles. The van der Waals surface area contributed by atoms with Crippen LogP contribution in [0, 0.1) is 13.8 Å². The van der Waals surface area contributed by atoms with E-state index in [1.807, 2.05) is 0 Å². The summed E-state index contributed by atoms with van der Waals surface area (Å²) in [6, 6.07) is 17.1. The summed E-state index contributed by atoms with van der Waals surface area (Å²) >= 11 is 6.32. The van der Waals surface area contributed by atoms with E-state index in [4.69, 9.17) is 11.1 Å². The van der Waals surface area contributed by atoms with Gasteiger partial charge < -0.3 is 0 Å². The van der Waals surface area contributed by atoms with E-state index in [0.29, 0.717) is 5.54 Å². The van der Waals surface area contributed by atoms with Gasteiger partial charge in [0.25, 0.3) is 0 Å². The van der Waals surface area contributed by atoms with Crippen LogP contribution in [0.25, 0.3) is 0 Å². The van der Waals surface area contributed by atoms with Gasteiger partial charge in [0, 0.05) is 5.54 Å². The minimum atomic E-state index is -0.639. The molecule has 0 bridgehead atoms. The van der Waals surface area contributed by atoms with E-state index >= 15 is 0 Å². The van der Waals surface area contributed by atoms with E-state index in [2.05, 4.69) is 62.4 Å². The average Bonchev–Trinajstić information content (AvgIpc) is 2.35. The molecule has 0 fully saturated rings. The summed E-state index contributed by atoms with van der Waals surface area (Å²) in [7, 11) is -0.639. The Morgan fingerprint density at radius 2 is 1.47 bits per heavy atom. The van der Waals surface area contributed by atoms with Crippen molar-refractivity contribution < 1.29 is 0 Å². The van der Waals surface area contributed by atoms with Crippen molar-refractivity contribution in [2.45, 2.75) is 19.4 Å². The van der Waals surface area contributed by atoms with Gasteiger partial charge in [0.1, 0.15) is 8.83 Å². The topological polar surface area (TPSA) is 0 Å². The number of hydrogen-bond donors (Lipinski definition) is 0. The Kier molecular flexibility index (Phi) is 4.03. The molecule has 0 spiro atoms. The molecule has 17 heavy (non-hydrogen) atoms. The summed E-state index contributed by atoms with van der Waals surface area (Å²) < 4.78 is 0. The van der Waals surface area contributed by atoms with Crippen LogP contribution in [0.5, 0.6) is 0 Å². The van der Waals surface area contributed by atoms with Crippen LogP contribution in [0.1, 0.15) is 27.8 Å². The Labute approximate surface area is 110 Å². The minimum absolute atomic E-state index is 0.430. The Morgan fingerprint density at radius 3 is 2.00 bits per heavy atom. The lowest BCUT2D eigenvalue weighted by atomic mass is 9.95. The van der Waals surface area contributed by atoms with E-state index in [1.54, 1.807) is 0 Å². The number of aryl methyl sites for hydroxylation is 2. The second-order valence-electron chi connectivity index (χ2n) is 4.42. The first kappa shape index (κ1) is 12.4. The van der Waals surface area contributed by atoms with Gasteiger partial charge in [0.05, 0.1) is 0 Å². The van der Waals surface area contributed by atoms with Crippen LogP contribution >= 0.6 is 11.1 Å². The summed E-state index contributed by atoms with van der Waals surface area (Å²) in [6.45, 7) is 4.36. The maximum absolute atomic E-state index is 6.32. The van der Waals surface area contributed by atoms with Crippen LogP contribution in [-0.4, -0.2) is 8.83 Å². The van der Waals surface area contributed by atoms with E-state index in [-0.39, 0.29) is 0 Å². The molecule has 0 saturated heterocycles. The number of rotatable bonds is 3. The van der Waals surface area contributed by atoms with E-state index in [9.17, 15) is 0 Å². The predicted octanol–water partition coefficient (Wildman–Crippen LogP) is 3.72. The minimum Gasteiger partial charge on any atom is -0.175 e. The molecule has 0 saturated carbocycles. The molecule has 2 aromatic rings. The molecule has 0 aliphatic heterocycles. The van der Waals surface area contributed by atoms with Gasteiger partial charge in [-0.25, -0.2) is 0 Å². The highest BCUT2D eigenvalue weighted by molar-refractivity contribution is 6.94. The number of hydrogen-bond acceptors (Lipinski definition) is 0. The quantitative estimate of drug-likeness (QED) is 0.583. The van der Waals surface area contributed by atoms with Crippen molar-refractivity contribution >= 4 is 19.9 Å². The number of halogens is 1. The normalized spacial score (nSPS) is 13.1. The van der Waals surface area contributed by atoms with Gasteiger partial charge in [-0.3, -0.25) is 0 Å². The average molecular weight is 261 g/mol. The van der Waals surface area contributed by atoms with Crippen molar-refractivity contribution in [3.8, 4) is 0 Å². The van der Waals surface area contributed by atoms with Gasteiger partial charge in [-0.1, -0.05) is 48.5 Å². The summed E-state index contributed by atoms with van der Waals surface area (Å²) in [4.78, 5) is 0. The van der Waals surface area contributed by atoms with Crippen LogP contribution in [0.3, 0.4) is 0 Å². The fraction of sp³-hybridized carbons (Fsp3) is 0.200. The van der Waals surface area contributed by atoms with Gasteiger partial charge in [0.15, 0.2) is 0 Å². The lowest BCUT2D eigenvalue weighted by Crippen LogP contribution is -2.09. The first-order valence-electron chi connectivity index (χ1n) is 5.91. The molecule has 0 radical (unpaired) electrons. The van der Waals surface area contributed by atoms with Gasteiger partial charge >= 0.3 is 0 Å². The molecule has 0 aromatic heterocycles. The summed E-state index contributed by atoms with van der Waals surface area (Å²) in [5.41, 5.74) is 5.92. The fourth-order valence-electron chi connectivity index (χ4n) is 2.40. The summed E-state index contributed by atoms with van der Waals surface area (Å²) in [5.74, 6) is 0. The molecule has 2 heteroatoms. The van der Waals surface area contributed by atoms with Gasteiger partial charge in [0.2, 0.25) is 0 Å². The van der Waals surface area contributed by atoms with E-state index in [0.717, 1.165) is 0 Å². The van der Waals surface area contributed by atoms with Crippen LogP contribution in [0.4, 0.5) is 0 Å². The standard InChI is InChI=1S/C15H17ClSi/c1-11-7-6-8-12(2)14(11)15(17-16)13-9-4-3-5-10-13/h3-10,15H,17H2,1-2H3. The van der Waals surface area contributed by atoms with Crippen molar-refractivity contribution in [2.75, 3.05) is 0 Å². The molecule has 0 amide bonds. The number of benzene rings is 2. The van der Waals surface area contributed by atoms with Gasteiger partial charge in [-0.15, -0.1) is 0 Å². The van der Waals surface area contributed by atoms with E-state index < -0.39 is 8.83 Å². The van der Waals surface area contributed by atoms with Crippen molar-refractivity contribution in [1.82, 2.24) is 0 Å². The first-order valence-corrected chi connectivity index (χ1v) is 8.86. The summed E-state index contributed by atoms with van der Waals surface area (Å²) in [5, 5.41) is 0. The highest BCUT2D eigenvalue weighted by atomic mass is 35.6. The molecule has 1 atom stereocenters. The Hall–Kier alpha value is -1.05. The first-order chi connectivity index (χ1) is 8.24. The van der Waals surface area contributed by atoms with E-state index in [1.165, 1.54) is 22.3 Å².